The lowest BCUT2D eigenvalue weighted by molar-refractivity contribution is 0.133. The van der Waals surface area contributed by atoms with Gasteiger partial charge in [-0.3, -0.25) is 9.98 Å². The second-order valence-corrected chi connectivity index (χ2v) is 6.59. The summed E-state index contributed by atoms with van der Waals surface area (Å²) < 4.78 is 5.64. The van der Waals surface area contributed by atoms with E-state index in [9.17, 15) is 0 Å². The first-order valence-electron chi connectivity index (χ1n) is 8.94. The highest BCUT2D eigenvalue weighted by Gasteiger charge is 2.16. The van der Waals surface area contributed by atoms with Gasteiger partial charge in [-0.2, -0.15) is 0 Å². The fourth-order valence-corrected chi connectivity index (χ4v) is 3.30. The van der Waals surface area contributed by atoms with Gasteiger partial charge in [-0.1, -0.05) is 30.3 Å². The van der Waals surface area contributed by atoms with Crippen LogP contribution in [0.25, 0.3) is 0 Å². The molecule has 1 aliphatic rings. The molecule has 0 spiro atoms. The first kappa shape index (κ1) is 17.2. The van der Waals surface area contributed by atoms with E-state index in [2.05, 4.69) is 34.6 Å². The first-order valence-corrected chi connectivity index (χ1v) is 8.94. The zero-order valence-electron chi connectivity index (χ0n) is 15.2. The molecule has 136 valence electrons. The van der Waals surface area contributed by atoms with Crippen LogP contribution in [-0.2, 0) is 17.7 Å². The maximum Gasteiger partial charge on any atom is 0.124 e. The average molecular weight is 358 g/mol. The van der Waals surface area contributed by atoms with Gasteiger partial charge in [0.05, 0.1) is 12.2 Å². The lowest BCUT2D eigenvalue weighted by Gasteiger charge is -2.15. The van der Waals surface area contributed by atoms with Crippen LogP contribution in [0, 0.1) is 0 Å². The fraction of sp³-hybridized carbons (Fsp3) is 0.182. The summed E-state index contributed by atoms with van der Waals surface area (Å²) in [5.41, 5.74) is 12.1. The molecule has 2 aromatic carbocycles. The van der Waals surface area contributed by atoms with E-state index < -0.39 is 0 Å². The molecule has 1 unspecified atom stereocenters. The van der Waals surface area contributed by atoms with Gasteiger partial charge in [0.25, 0.3) is 0 Å². The van der Waals surface area contributed by atoms with E-state index >= 15 is 0 Å². The molecule has 5 heteroatoms. The van der Waals surface area contributed by atoms with Gasteiger partial charge in [-0.15, -0.1) is 0 Å². The van der Waals surface area contributed by atoms with Crippen molar-refractivity contribution in [3.8, 4) is 0 Å². The van der Waals surface area contributed by atoms with Crippen LogP contribution >= 0.6 is 0 Å². The monoisotopic (exact) mass is 358 g/mol. The van der Waals surface area contributed by atoms with Crippen LogP contribution in [0.4, 0.5) is 11.4 Å². The Morgan fingerprint density at radius 1 is 1.15 bits per heavy atom. The molecule has 3 N–H and O–H groups in total. The second kappa shape index (κ2) is 7.60. The zero-order valence-corrected chi connectivity index (χ0v) is 15.2. The zero-order chi connectivity index (χ0) is 18.6. The number of benzene rings is 2. The van der Waals surface area contributed by atoms with Crippen LogP contribution in [0.1, 0.15) is 28.5 Å². The van der Waals surface area contributed by atoms with Crippen molar-refractivity contribution in [3.63, 3.8) is 0 Å². The molecule has 5 nitrogen and oxygen atoms in total. The number of fused-ring (bicyclic) bond motifs is 1. The minimum Gasteiger partial charge on any atom is -0.399 e. The number of nitrogen functional groups attached to an aromatic ring is 1. The number of nitrogens with one attached hydrogen (secondary N) is 1. The number of methoxy groups -OCH3 is 1. The Bertz CT molecular complexity index is 952. The quantitative estimate of drug-likeness (QED) is 0.677. The van der Waals surface area contributed by atoms with E-state index in [1.54, 1.807) is 13.3 Å². The standard InChI is InChI=1S/C22H22N4O/c1-27-22(20-4-2-3-11-24-20)16-7-5-15(6-8-16)14-25-21-13-17-12-18(23)9-10-19(17)26-21/h2-12,22H,13-14,23H2,1H3,(H,25,26). The van der Waals surface area contributed by atoms with E-state index in [0.717, 1.165) is 40.5 Å². The van der Waals surface area contributed by atoms with E-state index in [-0.39, 0.29) is 6.10 Å². The molecule has 0 saturated carbocycles. The SMILES string of the molecule is COC(c1ccc(CN=C2Cc3cc(N)ccc3N2)cc1)c1ccccn1. The van der Waals surface area contributed by atoms with E-state index in [0.29, 0.717) is 6.54 Å². The molecule has 1 atom stereocenters. The first-order chi connectivity index (χ1) is 13.2. The van der Waals surface area contributed by atoms with Gasteiger partial charge in [0, 0.05) is 31.1 Å². The topological polar surface area (TPSA) is 72.5 Å². The normalized spacial score (nSPS) is 15.4. The van der Waals surface area contributed by atoms with Crippen molar-refractivity contribution in [2.75, 3.05) is 18.2 Å². The van der Waals surface area contributed by atoms with Gasteiger partial charge in [-0.05, 0) is 47.0 Å². The van der Waals surface area contributed by atoms with Crippen LogP contribution in [0.15, 0.2) is 71.9 Å². The number of aliphatic imine (C=N–C) groups is 1. The molecule has 0 bridgehead atoms. The summed E-state index contributed by atoms with van der Waals surface area (Å²) in [4.78, 5) is 9.11. The Morgan fingerprint density at radius 2 is 2.00 bits per heavy atom. The van der Waals surface area contributed by atoms with E-state index in [1.165, 1.54) is 5.56 Å². The third-order valence-electron chi connectivity index (χ3n) is 4.69. The van der Waals surface area contributed by atoms with Crippen molar-refractivity contribution in [1.82, 2.24) is 4.98 Å². The summed E-state index contributed by atoms with van der Waals surface area (Å²) in [5, 5.41) is 3.36. The van der Waals surface area contributed by atoms with Gasteiger partial charge < -0.3 is 15.8 Å². The molecule has 1 aliphatic heterocycles. The Hall–Kier alpha value is -3.18. The number of hydrogen-bond acceptors (Lipinski definition) is 4. The number of rotatable bonds is 5. The average Bonchev–Trinajstić information content (AvgIpc) is 3.11. The number of nitrogens with two attached hydrogens (primary N) is 1. The van der Waals surface area contributed by atoms with Gasteiger partial charge in [-0.25, -0.2) is 0 Å². The predicted octanol–water partition coefficient (Wildman–Crippen LogP) is 3.97. The fourth-order valence-electron chi connectivity index (χ4n) is 3.30. The number of pyridine rings is 1. The molecule has 0 aliphatic carbocycles. The van der Waals surface area contributed by atoms with Crippen LogP contribution in [0.2, 0.25) is 0 Å². The van der Waals surface area contributed by atoms with Crippen LogP contribution < -0.4 is 11.1 Å². The molecule has 1 aromatic heterocycles. The summed E-state index contributed by atoms with van der Waals surface area (Å²) in [5.74, 6) is 0.975. The Balaban J connectivity index is 1.44. The molecular formula is C22H22N4O. The van der Waals surface area contributed by atoms with Crippen molar-refractivity contribution in [3.05, 3.63) is 89.2 Å². The van der Waals surface area contributed by atoms with Crippen molar-refractivity contribution in [2.24, 2.45) is 4.99 Å². The van der Waals surface area contributed by atoms with Gasteiger partial charge in [0.15, 0.2) is 0 Å². The molecule has 2 heterocycles. The third kappa shape index (κ3) is 3.83. The Morgan fingerprint density at radius 3 is 2.74 bits per heavy atom. The summed E-state index contributed by atoms with van der Waals surface area (Å²) in [6, 6.07) is 20.1. The van der Waals surface area contributed by atoms with Crippen molar-refractivity contribution in [2.45, 2.75) is 19.1 Å². The van der Waals surface area contributed by atoms with Crippen LogP contribution in [0.5, 0.6) is 0 Å². The lowest BCUT2D eigenvalue weighted by Crippen LogP contribution is -2.07. The largest absolute Gasteiger partial charge is 0.399 e. The van der Waals surface area contributed by atoms with Crippen LogP contribution in [-0.4, -0.2) is 17.9 Å². The highest BCUT2D eigenvalue weighted by molar-refractivity contribution is 6.03. The van der Waals surface area contributed by atoms with Gasteiger partial charge >= 0.3 is 0 Å². The Labute approximate surface area is 158 Å². The molecule has 0 radical (unpaired) electrons. The number of nitrogens with zero attached hydrogens (tertiary/aromatic N) is 2. The maximum absolute atomic E-state index is 5.85. The highest BCUT2D eigenvalue weighted by Crippen LogP contribution is 2.26. The maximum atomic E-state index is 5.85. The number of hydrogen-bond donors (Lipinski definition) is 2. The van der Waals surface area contributed by atoms with Crippen molar-refractivity contribution >= 4 is 17.2 Å². The molecule has 0 amide bonds. The van der Waals surface area contributed by atoms with Crippen molar-refractivity contribution in [1.29, 1.82) is 0 Å². The summed E-state index contributed by atoms with van der Waals surface area (Å²) in [6.45, 7) is 0.632. The summed E-state index contributed by atoms with van der Waals surface area (Å²) in [6.07, 6.45) is 2.42. The van der Waals surface area contributed by atoms with Gasteiger partial charge in [0.1, 0.15) is 11.9 Å². The number of ether oxygens (including phenoxy) is 1. The Kier molecular flexibility index (Phi) is 4.85. The third-order valence-corrected chi connectivity index (χ3v) is 4.69. The summed E-state index contributed by atoms with van der Waals surface area (Å²) >= 11 is 0. The molecule has 3 aromatic rings. The number of amidine groups is 1. The highest BCUT2D eigenvalue weighted by atomic mass is 16.5. The molecular weight excluding hydrogens is 336 g/mol. The van der Waals surface area contributed by atoms with Crippen LogP contribution in [0.3, 0.4) is 0 Å². The smallest absolute Gasteiger partial charge is 0.124 e. The van der Waals surface area contributed by atoms with Gasteiger partial charge in [0.2, 0.25) is 0 Å². The predicted molar refractivity (Wildman–Crippen MR) is 109 cm³/mol. The molecule has 0 saturated heterocycles. The number of anilines is 2. The second-order valence-electron chi connectivity index (χ2n) is 6.59. The summed E-state index contributed by atoms with van der Waals surface area (Å²) in [7, 11) is 1.70. The lowest BCUT2D eigenvalue weighted by atomic mass is 10.0. The number of aromatic nitrogens is 1. The molecule has 4 rings (SSSR count). The minimum atomic E-state index is -0.164. The van der Waals surface area contributed by atoms with E-state index in [4.69, 9.17) is 15.5 Å². The molecule has 0 fully saturated rings. The van der Waals surface area contributed by atoms with E-state index in [1.807, 2.05) is 36.4 Å². The molecule has 27 heavy (non-hydrogen) atoms. The minimum absolute atomic E-state index is 0.164. The van der Waals surface area contributed by atoms with Crippen molar-refractivity contribution < 1.29 is 4.74 Å².